The number of ether oxygens (including phenoxy) is 1. The van der Waals surface area contributed by atoms with E-state index < -0.39 is 5.60 Å². The van der Waals surface area contributed by atoms with Crippen molar-refractivity contribution in [1.29, 1.82) is 0 Å². The molecular formula is C32H48N2O2. The lowest BCUT2D eigenvalue weighted by molar-refractivity contribution is 0.0228. The smallest absolute Gasteiger partial charge is 0.253 e. The number of amides is 1. The van der Waals surface area contributed by atoms with Crippen LogP contribution in [-0.2, 0) is 22.1 Å². The predicted molar refractivity (Wildman–Crippen MR) is 150 cm³/mol. The van der Waals surface area contributed by atoms with Gasteiger partial charge in [0, 0.05) is 31.6 Å². The van der Waals surface area contributed by atoms with Gasteiger partial charge < -0.3 is 14.6 Å². The molecule has 1 aromatic carbocycles. The number of carbonyl (C=O) groups is 1. The maximum absolute atomic E-state index is 13.4. The Morgan fingerprint density at radius 1 is 1.06 bits per heavy atom. The van der Waals surface area contributed by atoms with Crippen molar-refractivity contribution in [3.8, 4) is 11.3 Å². The molecule has 0 spiro atoms. The fraction of sp³-hybridized carbons (Fsp3) is 0.656. The molecule has 1 amide bonds. The zero-order valence-corrected chi connectivity index (χ0v) is 24.0. The van der Waals surface area contributed by atoms with Gasteiger partial charge in [-0.2, -0.15) is 0 Å². The molecule has 0 aliphatic heterocycles. The Hall–Kier alpha value is -2.07. The number of nitrogens with one attached hydrogen (secondary N) is 1. The number of rotatable bonds is 8. The molecule has 4 nitrogen and oxygen atoms in total. The van der Waals surface area contributed by atoms with E-state index in [0.29, 0.717) is 12.5 Å². The van der Waals surface area contributed by atoms with Gasteiger partial charge in [-0.1, -0.05) is 53.0 Å². The number of methoxy groups -OCH3 is 1. The summed E-state index contributed by atoms with van der Waals surface area (Å²) in [6.07, 6.45) is 9.07. The summed E-state index contributed by atoms with van der Waals surface area (Å²) < 4.78 is 7.98. The van der Waals surface area contributed by atoms with Crippen LogP contribution in [0.15, 0.2) is 24.3 Å². The summed E-state index contributed by atoms with van der Waals surface area (Å²) in [7, 11) is 1.69. The van der Waals surface area contributed by atoms with Gasteiger partial charge in [-0.25, -0.2) is 0 Å². The van der Waals surface area contributed by atoms with Crippen LogP contribution in [0, 0.1) is 12.8 Å². The molecule has 0 saturated heterocycles. The van der Waals surface area contributed by atoms with E-state index in [1.54, 1.807) is 7.11 Å². The lowest BCUT2D eigenvalue weighted by Gasteiger charge is -2.26. The average molecular weight is 493 g/mol. The van der Waals surface area contributed by atoms with Gasteiger partial charge in [0.25, 0.3) is 5.91 Å². The first kappa shape index (κ1) is 27.0. The Balaban J connectivity index is 1.78. The van der Waals surface area contributed by atoms with Crippen molar-refractivity contribution in [3.05, 3.63) is 46.6 Å². The quantitative estimate of drug-likeness (QED) is 0.413. The molecular weight excluding hydrogens is 444 g/mol. The fourth-order valence-electron chi connectivity index (χ4n) is 5.47. The highest BCUT2D eigenvalue weighted by Crippen LogP contribution is 2.49. The number of carbonyl (C=O) groups excluding carboxylic acids is 1. The highest BCUT2D eigenvalue weighted by atomic mass is 16.5. The third-order valence-corrected chi connectivity index (χ3v) is 8.80. The van der Waals surface area contributed by atoms with Gasteiger partial charge in [0.2, 0.25) is 0 Å². The van der Waals surface area contributed by atoms with Gasteiger partial charge in [0.15, 0.2) is 0 Å². The second kappa shape index (κ2) is 10.0. The van der Waals surface area contributed by atoms with Crippen LogP contribution in [0.2, 0.25) is 0 Å². The number of benzene rings is 1. The molecule has 4 rings (SSSR count). The molecule has 0 bridgehead atoms. The van der Waals surface area contributed by atoms with E-state index in [0.717, 1.165) is 17.8 Å². The largest absolute Gasteiger partial charge is 0.377 e. The third-order valence-electron chi connectivity index (χ3n) is 8.80. The van der Waals surface area contributed by atoms with Crippen molar-refractivity contribution in [2.45, 2.75) is 116 Å². The molecule has 2 aromatic rings. The van der Waals surface area contributed by atoms with E-state index in [-0.39, 0.29) is 16.7 Å². The molecule has 1 N–H and O–H groups in total. The highest BCUT2D eigenvalue weighted by Gasteiger charge is 2.40. The molecule has 1 heterocycles. The number of nitrogens with zero attached hydrogens (tertiary/aromatic N) is 1. The summed E-state index contributed by atoms with van der Waals surface area (Å²) in [4.78, 5) is 13.4. The van der Waals surface area contributed by atoms with Crippen molar-refractivity contribution in [2.24, 2.45) is 5.92 Å². The lowest BCUT2D eigenvalue weighted by atomic mass is 9.82. The highest BCUT2D eigenvalue weighted by molar-refractivity contribution is 5.97. The second-order valence-electron chi connectivity index (χ2n) is 13.4. The molecule has 1 aromatic heterocycles. The van der Waals surface area contributed by atoms with E-state index in [4.69, 9.17) is 4.74 Å². The van der Waals surface area contributed by atoms with Crippen LogP contribution in [0.3, 0.4) is 0 Å². The topological polar surface area (TPSA) is 43.3 Å². The molecule has 2 aliphatic rings. The van der Waals surface area contributed by atoms with Crippen molar-refractivity contribution in [3.63, 3.8) is 0 Å². The second-order valence-corrected chi connectivity index (χ2v) is 13.4. The minimum Gasteiger partial charge on any atom is -0.377 e. The van der Waals surface area contributed by atoms with E-state index in [1.165, 1.54) is 67.3 Å². The Bertz CT molecular complexity index is 1070. The minimum atomic E-state index is -0.396. The molecule has 2 fully saturated rings. The van der Waals surface area contributed by atoms with Crippen molar-refractivity contribution >= 4 is 5.91 Å². The van der Waals surface area contributed by atoms with Crippen LogP contribution < -0.4 is 5.32 Å². The standard InChI is InChI=1S/C32H48N2O2/c1-22-27(29(35)33-21-31(5,6)36-8)19-28(34(22)20-23-12-10-9-11-13-23)24-16-25(30(2,3)4)18-26(17-24)32(7)14-15-32/h16-19,23H,9-15,20-21H2,1-8H3,(H,33,35). The van der Waals surface area contributed by atoms with Crippen LogP contribution in [0.4, 0.5) is 0 Å². The van der Waals surface area contributed by atoms with E-state index in [9.17, 15) is 4.79 Å². The molecule has 2 saturated carbocycles. The van der Waals surface area contributed by atoms with E-state index in [2.05, 4.69) is 68.8 Å². The zero-order valence-electron chi connectivity index (χ0n) is 24.0. The first-order chi connectivity index (χ1) is 16.8. The van der Waals surface area contributed by atoms with E-state index >= 15 is 0 Å². The van der Waals surface area contributed by atoms with Gasteiger partial charge in [-0.05, 0) is 98.1 Å². The summed E-state index contributed by atoms with van der Waals surface area (Å²) in [5, 5.41) is 3.13. The van der Waals surface area contributed by atoms with Crippen molar-refractivity contribution in [1.82, 2.24) is 9.88 Å². The maximum atomic E-state index is 13.4. The first-order valence-corrected chi connectivity index (χ1v) is 14.0. The van der Waals surface area contributed by atoms with Gasteiger partial charge in [0.05, 0.1) is 11.2 Å². The van der Waals surface area contributed by atoms with Crippen LogP contribution in [0.25, 0.3) is 11.3 Å². The predicted octanol–water partition coefficient (Wildman–Crippen LogP) is 7.55. The third kappa shape index (κ3) is 5.90. The van der Waals surface area contributed by atoms with Crippen LogP contribution >= 0.6 is 0 Å². The molecule has 36 heavy (non-hydrogen) atoms. The van der Waals surface area contributed by atoms with Gasteiger partial charge in [-0.15, -0.1) is 0 Å². The van der Waals surface area contributed by atoms with E-state index in [1.807, 2.05) is 13.8 Å². The molecule has 0 unspecified atom stereocenters. The van der Waals surface area contributed by atoms with Gasteiger partial charge in [-0.3, -0.25) is 4.79 Å². The van der Waals surface area contributed by atoms with Crippen molar-refractivity contribution < 1.29 is 9.53 Å². The average Bonchev–Trinajstić information content (AvgIpc) is 3.52. The Morgan fingerprint density at radius 3 is 2.31 bits per heavy atom. The van der Waals surface area contributed by atoms with Crippen molar-refractivity contribution in [2.75, 3.05) is 13.7 Å². The van der Waals surface area contributed by atoms with Crippen LogP contribution in [0.5, 0.6) is 0 Å². The lowest BCUT2D eigenvalue weighted by Crippen LogP contribution is -2.39. The Labute approximate surface area is 219 Å². The van der Waals surface area contributed by atoms with Gasteiger partial charge in [0.1, 0.15) is 0 Å². The van der Waals surface area contributed by atoms with Gasteiger partial charge >= 0.3 is 0 Å². The number of aromatic nitrogens is 1. The molecule has 0 radical (unpaired) electrons. The summed E-state index contributed by atoms with van der Waals surface area (Å²) in [5.74, 6) is 0.667. The normalized spacial score (nSPS) is 18.3. The first-order valence-electron chi connectivity index (χ1n) is 14.0. The molecule has 2 aliphatic carbocycles. The van der Waals surface area contributed by atoms with Crippen LogP contribution in [0.1, 0.15) is 114 Å². The maximum Gasteiger partial charge on any atom is 0.253 e. The molecule has 4 heteroatoms. The molecule has 198 valence electrons. The number of hydrogen-bond acceptors (Lipinski definition) is 2. The fourth-order valence-corrected chi connectivity index (χ4v) is 5.47. The van der Waals surface area contributed by atoms with Crippen LogP contribution in [-0.4, -0.2) is 29.7 Å². The summed E-state index contributed by atoms with van der Waals surface area (Å²) >= 11 is 0. The summed E-state index contributed by atoms with van der Waals surface area (Å²) in [6.45, 7) is 16.9. The SMILES string of the molecule is COC(C)(C)CNC(=O)c1cc(-c2cc(C(C)(C)C)cc(C3(C)CC3)c2)n(CC2CCCCC2)c1C. The summed E-state index contributed by atoms with van der Waals surface area (Å²) in [6, 6.07) is 9.35. The Morgan fingerprint density at radius 2 is 1.72 bits per heavy atom. The zero-order chi connectivity index (χ0) is 26.3. The monoisotopic (exact) mass is 492 g/mol. The summed E-state index contributed by atoms with van der Waals surface area (Å²) in [5.41, 5.74) is 7.07. The molecule has 0 atom stereocenters. The minimum absolute atomic E-state index is 0.0115. The number of hydrogen-bond donors (Lipinski definition) is 1. The Kier molecular flexibility index (Phi) is 7.50.